The Morgan fingerprint density at radius 1 is 1.60 bits per heavy atom. The molecule has 4 heteroatoms. The van der Waals surface area contributed by atoms with Crippen LogP contribution in [0.1, 0.15) is 26.2 Å². The molecule has 1 saturated carbocycles. The van der Waals surface area contributed by atoms with E-state index >= 15 is 0 Å². The van der Waals surface area contributed by atoms with Gasteiger partial charge in [0.2, 0.25) is 0 Å². The lowest BCUT2D eigenvalue weighted by Crippen LogP contribution is -2.44. The maximum atomic E-state index is 11.6. The lowest BCUT2D eigenvalue weighted by atomic mass is 10.1. The normalized spacial score (nSPS) is 17.9. The van der Waals surface area contributed by atoms with Crippen molar-refractivity contribution in [1.82, 2.24) is 4.90 Å². The number of ether oxygens (including phenoxy) is 1. The maximum absolute atomic E-state index is 11.6. The summed E-state index contributed by atoms with van der Waals surface area (Å²) >= 11 is 0. The highest BCUT2D eigenvalue weighted by molar-refractivity contribution is 5.76. The van der Waals surface area contributed by atoms with Crippen molar-refractivity contribution in [2.45, 2.75) is 32.2 Å². The summed E-state index contributed by atoms with van der Waals surface area (Å²) in [7, 11) is 1.44. The first kappa shape index (κ1) is 12.5. The number of nitrogens with zero attached hydrogens (tertiary/aromatic N) is 1. The van der Waals surface area contributed by atoms with Crippen LogP contribution in [0.4, 0.5) is 0 Å². The number of hydrogen-bond donors (Lipinski definition) is 1. The van der Waals surface area contributed by atoms with E-state index in [2.05, 4.69) is 4.90 Å². The molecule has 0 aliphatic heterocycles. The van der Waals surface area contributed by atoms with Crippen molar-refractivity contribution in [2.24, 2.45) is 5.92 Å². The minimum absolute atomic E-state index is 0.0912. The molecule has 0 amide bonds. The topological polar surface area (TPSA) is 49.8 Å². The minimum Gasteiger partial charge on any atom is -0.468 e. The fraction of sp³-hybridized carbons (Fsp3) is 0.909. The van der Waals surface area contributed by atoms with Crippen LogP contribution >= 0.6 is 0 Å². The standard InChI is InChI=1S/C11H21NO3/c1-3-12(7-4-8-13)10(9-5-6-9)11(14)15-2/h9-10,13H,3-8H2,1-2H3. The predicted octanol–water partition coefficient (Wildman–Crippen LogP) is 0.642. The highest BCUT2D eigenvalue weighted by Crippen LogP contribution is 2.35. The quantitative estimate of drug-likeness (QED) is 0.633. The van der Waals surface area contributed by atoms with Gasteiger partial charge in [0.05, 0.1) is 7.11 Å². The smallest absolute Gasteiger partial charge is 0.323 e. The Balaban J connectivity index is 2.54. The Bertz CT molecular complexity index is 204. The van der Waals surface area contributed by atoms with Crippen LogP contribution < -0.4 is 0 Å². The molecule has 0 saturated heterocycles. The molecule has 0 radical (unpaired) electrons. The van der Waals surface area contributed by atoms with Gasteiger partial charge in [0, 0.05) is 13.2 Å². The summed E-state index contributed by atoms with van der Waals surface area (Å²) in [5.41, 5.74) is 0. The zero-order valence-corrected chi connectivity index (χ0v) is 9.61. The summed E-state index contributed by atoms with van der Waals surface area (Å²) < 4.78 is 4.83. The van der Waals surface area contributed by atoms with Gasteiger partial charge in [-0.15, -0.1) is 0 Å². The average Bonchev–Trinajstić information content (AvgIpc) is 3.07. The van der Waals surface area contributed by atoms with E-state index < -0.39 is 0 Å². The first-order valence-corrected chi connectivity index (χ1v) is 5.67. The van der Waals surface area contributed by atoms with E-state index in [9.17, 15) is 4.79 Å². The summed E-state index contributed by atoms with van der Waals surface area (Å²) in [5, 5.41) is 8.80. The van der Waals surface area contributed by atoms with Crippen molar-refractivity contribution in [3.05, 3.63) is 0 Å². The molecular weight excluding hydrogens is 194 g/mol. The number of hydrogen-bond acceptors (Lipinski definition) is 4. The van der Waals surface area contributed by atoms with Gasteiger partial charge >= 0.3 is 5.97 Å². The van der Waals surface area contributed by atoms with Gasteiger partial charge in [0.15, 0.2) is 0 Å². The molecule has 15 heavy (non-hydrogen) atoms. The highest BCUT2D eigenvalue weighted by Gasteiger charge is 2.40. The van der Waals surface area contributed by atoms with Crippen molar-refractivity contribution < 1.29 is 14.6 Å². The third-order valence-electron chi connectivity index (χ3n) is 2.91. The first-order chi connectivity index (χ1) is 7.24. The second kappa shape index (κ2) is 6.08. The Labute approximate surface area is 91.2 Å². The van der Waals surface area contributed by atoms with Gasteiger partial charge in [-0.25, -0.2) is 0 Å². The third kappa shape index (κ3) is 3.47. The Kier molecular flexibility index (Phi) is 5.05. The van der Waals surface area contributed by atoms with E-state index in [-0.39, 0.29) is 18.6 Å². The Hall–Kier alpha value is -0.610. The van der Waals surface area contributed by atoms with Crippen LogP contribution in [0.25, 0.3) is 0 Å². The van der Waals surface area contributed by atoms with Crippen LogP contribution in [0.2, 0.25) is 0 Å². The molecule has 1 N–H and O–H groups in total. The molecule has 0 bridgehead atoms. The van der Waals surface area contributed by atoms with Crippen LogP contribution in [0.5, 0.6) is 0 Å². The molecular formula is C11H21NO3. The molecule has 1 rings (SSSR count). The Morgan fingerprint density at radius 2 is 2.27 bits per heavy atom. The second-order valence-electron chi connectivity index (χ2n) is 4.01. The first-order valence-electron chi connectivity index (χ1n) is 5.67. The van der Waals surface area contributed by atoms with Gasteiger partial charge in [-0.1, -0.05) is 6.92 Å². The molecule has 1 aliphatic rings. The SMILES string of the molecule is CCN(CCCO)C(C(=O)OC)C1CC1. The highest BCUT2D eigenvalue weighted by atomic mass is 16.5. The molecule has 0 aromatic carbocycles. The maximum Gasteiger partial charge on any atom is 0.323 e. The van der Waals surface area contributed by atoms with Crippen molar-refractivity contribution >= 4 is 5.97 Å². The molecule has 0 spiro atoms. The number of esters is 1. The number of likely N-dealkylation sites (N-methyl/N-ethyl adjacent to an activating group) is 1. The second-order valence-corrected chi connectivity index (χ2v) is 4.01. The van der Waals surface area contributed by atoms with E-state index in [4.69, 9.17) is 9.84 Å². The number of aliphatic hydroxyl groups excluding tert-OH is 1. The van der Waals surface area contributed by atoms with E-state index in [1.807, 2.05) is 6.92 Å². The monoisotopic (exact) mass is 215 g/mol. The van der Waals surface area contributed by atoms with Crippen LogP contribution in [-0.2, 0) is 9.53 Å². The molecule has 0 aromatic heterocycles. The molecule has 1 atom stereocenters. The lowest BCUT2D eigenvalue weighted by Gasteiger charge is -2.28. The molecule has 1 unspecified atom stereocenters. The summed E-state index contributed by atoms with van der Waals surface area (Å²) in [6, 6.07) is -0.0912. The molecule has 1 aliphatic carbocycles. The largest absolute Gasteiger partial charge is 0.468 e. The van der Waals surface area contributed by atoms with Gasteiger partial charge in [0.25, 0.3) is 0 Å². The van der Waals surface area contributed by atoms with E-state index in [0.717, 1.165) is 25.9 Å². The fourth-order valence-corrected chi connectivity index (χ4v) is 1.94. The molecule has 0 heterocycles. The molecule has 4 nitrogen and oxygen atoms in total. The van der Waals surface area contributed by atoms with Crippen molar-refractivity contribution in [1.29, 1.82) is 0 Å². The van der Waals surface area contributed by atoms with E-state index in [1.54, 1.807) is 0 Å². The fourth-order valence-electron chi connectivity index (χ4n) is 1.94. The average molecular weight is 215 g/mol. The summed E-state index contributed by atoms with van der Waals surface area (Å²) in [6.45, 7) is 3.81. The van der Waals surface area contributed by atoms with Crippen molar-refractivity contribution in [3.8, 4) is 0 Å². The Morgan fingerprint density at radius 3 is 2.67 bits per heavy atom. The zero-order chi connectivity index (χ0) is 11.3. The number of rotatable bonds is 7. The van der Waals surface area contributed by atoms with Crippen LogP contribution in [0, 0.1) is 5.92 Å². The minimum atomic E-state index is -0.128. The van der Waals surface area contributed by atoms with E-state index in [0.29, 0.717) is 12.3 Å². The van der Waals surface area contributed by atoms with Crippen LogP contribution in [0.3, 0.4) is 0 Å². The molecule has 0 aromatic rings. The van der Waals surface area contributed by atoms with Gasteiger partial charge in [-0.3, -0.25) is 9.69 Å². The van der Waals surface area contributed by atoms with Gasteiger partial charge < -0.3 is 9.84 Å². The number of carbonyl (C=O) groups is 1. The van der Waals surface area contributed by atoms with Crippen LogP contribution in [-0.4, -0.2) is 48.8 Å². The molecule has 88 valence electrons. The zero-order valence-electron chi connectivity index (χ0n) is 9.61. The third-order valence-corrected chi connectivity index (χ3v) is 2.91. The number of aliphatic hydroxyl groups is 1. The number of methoxy groups -OCH3 is 1. The van der Waals surface area contributed by atoms with Gasteiger partial charge in [-0.05, 0) is 31.7 Å². The van der Waals surface area contributed by atoms with E-state index in [1.165, 1.54) is 7.11 Å². The number of carbonyl (C=O) groups excluding carboxylic acids is 1. The van der Waals surface area contributed by atoms with Crippen LogP contribution in [0.15, 0.2) is 0 Å². The summed E-state index contributed by atoms with van der Waals surface area (Å²) in [4.78, 5) is 13.7. The summed E-state index contributed by atoms with van der Waals surface area (Å²) in [5.74, 6) is 0.341. The lowest BCUT2D eigenvalue weighted by molar-refractivity contribution is -0.148. The van der Waals surface area contributed by atoms with Gasteiger partial charge in [0.1, 0.15) is 6.04 Å². The molecule has 1 fully saturated rings. The van der Waals surface area contributed by atoms with Crippen molar-refractivity contribution in [2.75, 3.05) is 26.8 Å². The van der Waals surface area contributed by atoms with Crippen molar-refractivity contribution in [3.63, 3.8) is 0 Å². The predicted molar refractivity (Wildman–Crippen MR) is 57.5 cm³/mol. The van der Waals surface area contributed by atoms with Gasteiger partial charge in [-0.2, -0.15) is 0 Å². The summed E-state index contributed by atoms with van der Waals surface area (Å²) in [6.07, 6.45) is 2.96.